The fourth-order valence-electron chi connectivity index (χ4n) is 4.20. The first-order valence-electron chi connectivity index (χ1n) is 9.25. The maximum absolute atomic E-state index is 12.4. The fraction of sp³-hybridized carbons (Fsp3) is 0.381. The van der Waals surface area contributed by atoms with Crippen molar-refractivity contribution in [1.82, 2.24) is 15.2 Å². The molecule has 1 saturated heterocycles. The van der Waals surface area contributed by atoms with Gasteiger partial charge >= 0.3 is 0 Å². The smallest absolute Gasteiger partial charge is 0.229 e. The molecule has 1 aromatic heterocycles. The van der Waals surface area contributed by atoms with Crippen molar-refractivity contribution in [2.24, 2.45) is 0 Å². The molecule has 0 spiro atoms. The van der Waals surface area contributed by atoms with Crippen LogP contribution in [-0.4, -0.2) is 34.8 Å². The summed E-state index contributed by atoms with van der Waals surface area (Å²) in [5.41, 5.74) is 5.27. The van der Waals surface area contributed by atoms with Gasteiger partial charge in [0.1, 0.15) is 5.82 Å². The number of aryl methyl sites for hydroxylation is 2. The Hall–Kier alpha value is -2.73. The van der Waals surface area contributed by atoms with E-state index in [4.69, 9.17) is 0 Å². The van der Waals surface area contributed by atoms with Crippen LogP contribution in [0.1, 0.15) is 40.4 Å². The van der Waals surface area contributed by atoms with Gasteiger partial charge in [-0.2, -0.15) is 0 Å². The van der Waals surface area contributed by atoms with E-state index in [-0.39, 0.29) is 23.9 Å². The number of likely N-dealkylation sites (N-methyl/N-ethyl adjacent to an activating group) is 1. The molecule has 0 unspecified atom stereocenters. The second-order valence-corrected chi connectivity index (χ2v) is 7.66. The van der Waals surface area contributed by atoms with Gasteiger partial charge in [-0.15, -0.1) is 0 Å². The van der Waals surface area contributed by atoms with E-state index in [9.17, 15) is 9.59 Å². The monoisotopic (exact) mass is 364 g/mol. The molecular weight excluding hydrogens is 340 g/mol. The average molecular weight is 364 g/mol. The second-order valence-electron chi connectivity index (χ2n) is 7.66. The fourth-order valence-corrected chi connectivity index (χ4v) is 4.20. The van der Waals surface area contributed by atoms with Crippen molar-refractivity contribution in [2.45, 2.75) is 45.3 Å². The predicted molar refractivity (Wildman–Crippen MR) is 103 cm³/mol. The molecule has 0 radical (unpaired) electrons. The van der Waals surface area contributed by atoms with Gasteiger partial charge in [0.25, 0.3) is 0 Å². The first-order valence-corrected chi connectivity index (χ1v) is 9.25. The summed E-state index contributed by atoms with van der Waals surface area (Å²) >= 11 is 0. The first kappa shape index (κ1) is 17.7. The van der Waals surface area contributed by atoms with Crippen LogP contribution in [0.5, 0.6) is 0 Å². The number of fused-ring (bicyclic) bond motifs is 3. The van der Waals surface area contributed by atoms with Crippen LogP contribution >= 0.6 is 0 Å². The van der Waals surface area contributed by atoms with Gasteiger partial charge in [-0.3, -0.25) is 14.5 Å². The molecule has 2 amide bonds. The van der Waals surface area contributed by atoms with Crippen LogP contribution in [-0.2, 0) is 22.6 Å². The number of anilines is 1. The molecule has 2 atom stereocenters. The molecule has 0 bridgehead atoms. The van der Waals surface area contributed by atoms with Crippen molar-refractivity contribution >= 4 is 17.6 Å². The third kappa shape index (κ3) is 3.57. The quantitative estimate of drug-likeness (QED) is 0.876. The lowest BCUT2D eigenvalue weighted by molar-refractivity contribution is -0.119. The number of hydrogen-bond donors (Lipinski definition) is 2. The lowest BCUT2D eigenvalue weighted by Gasteiger charge is -2.35. The third-order valence-corrected chi connectivity index (χ3v) is 5.35. The van der Waals surface area contributed by atoms with Gasteiger partial charge in [0.2, 0.25) is 11.8 Å². The van der Waals surface area contributed by atoms with Crippen molar-refractivity contribution in [2.75, 3.05) is 12.4 Å². The van der Waals surface area contributed by atoms with Crippen molar-refractivity contribution in [1.29, 1.82) is 0 Å². The van der Waals surface area contributed by atoms with Crippen LogP contribution in [0.4, 0.5) is 5.82 Å². The number of nitrogens with one attached hydrogen (secondary N) is 2. The zero-order valence-electron chi connectivity index (χ0n) is 15.9. The molecule has 1 aromatic carbocycles. The summed E-state index contributed by atoms with van der Waals surface area (Å²) in [6.07, 6.45) is 0.847. The second kappa shape index (κ2) is 6.78. The topological polar surface area (TPSA) is 74.3 Å². The molecule has 140 valence electrons. The minimum Gasteiger partial charge on any atom is -0.348 e. The summed E-state index contributed by atoms with van der Waals surface area (Å²) in [5.74, 6) is 0.615. The summed E-state index contributed by atoms with van der Waals surface area (Å²) < 4.78 is 0. The minimum atomic E-state index is -0.0799. The Bertz CT molecular complexity index is 904. The lowest BCUT2D eigenvalue weighted by atomic mass is 9.89. The van der Waals surface area contributed by atoms with E-state index in [0.29, 0.717) is 18.7 Å². The van der Waals surface area contributed by atoms with Crippen LogP contribution < -0.4 is 10.6 Å². The van der Waals surface area contributed by atoms with Gasteiger partial charge in [-0.1, -0.05) is 18.2 Å². The third-order valence-electron chi connectivity index (χ3n) is 5.35. The van der Waals surface area contributed by atoms with E-state index in [1.54, 1.807) is 0 Å². The Morgan fingerprint density at radius 3 is 2.89 bits per heavy atom. The number of benzene rings is 1. The molecule has 27 heavy (non-hydrogen) atoms. The normalized spacial score (nSPS) is 21.4. The Labute approximate surface area is 159 Å². The molecule has 1 fully saturated rings. The molecule has 3 heterocycles. The average Bonchev–Trinajstić information content (AvgIpc) is 2.96. The number of carbonyl (C=O) groups is 2. The molecule has 2 aliphatic heterocycles. The van der Waals surface area contributed by atoms with E-state index in [1.807, 2.05) is 39.1 Å². The van der Waals surface area contributed by atoms with Crippen molar-refractivity contribution < 1.29 is 9.59 Å². The van der Waals surface area contributed by atoms with Crippen molar-refractivity contribution in [3.8, 4) is 0 Å². The molecule has 2 aliphatic rings. The molecule has 2 N–H and O–H groups in total. The van der Waals surface area contributed by atoms with Gasteiger partial charge in [0, 0.05) is 24.7 Å². The molecule has 4 rings (SSSR count). The summed E-state index contributed by atoms with van der Waals surface area (Å²) in [4.78, 5) is 30.8. The van der Waals surface area contributed by atoms with E-state index in [0.717, 1.165) is 23.4 Å². The maximum atomic E-state index is 12.4. The van der Waals surface area contributed by atoms with E-state index in [1.165, 1.54) is 11.1 Å². The highest BCUT2D eigenvalue weighted by Crippen LogP contribution is 2.36. The number of carbonyl (C=O) groups excluding carboxylic acids is 2. The van der Waals surface area contributed by atoms with E-state index in [2.05, 4.69) is 32.7 Å². The Kier molecular flexibility index (Phi) is 4.44. The van der Waals surface area contributed by atoms with Crippen LogP contribution in [0.15, 0.2) is 30.3 Å². The number of nitrogens with zero attached hydrogens (tertiary/aromatic N) is 2. The minimum absolute atomic E-state index is 0.0496. The van der Waals surface area contributed by atoms with E-state index >= 15 is 0 Å². The SMILES string of the molecule is Cc1cc(C)nc(NC(=O)Cc2ccc3c(c2)CN(C)[C@@H]2CC(=O)N[C@H]32)c1. The molecule has 0 saturated carbocycles. The number of pyridine rings is 1. The van der Waals surface area contributed by atoms with Crippen LogP contribution in [0, 0.1) is 13.8 Å². The Morgan fingerprint density at radius 1 is 1.30 bits per heavy atom. The predicted octanol–water partition coefficient (Wildman–Crippen LogP) is 2.25. The maximum Gasteiger partial charge on any atom is 0.229 e. The largest absolute Gasteiger partial charge is 0.348 e. The molecule has 6 heteroatoms. The first-order chi connectivity index (χ1) is 12.9. The lowest BCUT2D eigenvalue weighted by Crippen LogP contribution is -2.40. The summed E-state index contributed by atoms with van der Waals surface area (Å²) in [6.45, 7) is 4.69. The van der Waals surface area contributed by atoms with Gasteiger partial charge in [0.15, 0.2) is 0 Å². The van der Waals surface area contributed by atoms with Gasteiger partial charge in [-0.05, 0) is 55.3 Å². The zero-order valence-corrected chi connectivity index (χ0v) is 15.9. The van der Waals surface area contributed by atoms with Crippen LogP contribution in [0.25, 0.3) is 0 Å². The van der Waals surface area contributed by atoms with E-state index < -0.39 is 0 Å². The Balaban J connectivity index is 1.50. The molecule has 2 aromatic rings. The molecular formula is C21H24N4O2. The molecule has 6 nitrogen and oxygen atoms in total. The summed E-state index contributed by atoms with van der Waals surface area (Å²) in [5, 5.41) is 5.96. The van der Waals surface area contributed by atoms with Gasteiger partial charge < -0.3 is 10.6 Å². The van der Waals surface area contributed by atoms with Crippen LogP contribution in [0.3, 0.4) is 0 Å². The highest BCUT2D eigenvalue weighted by molar-refractivity contribution is 5.91. The standard InChI is InChI=1S/C21H24N4O2/c1-12-6-13(2)22-18(7-12)23-19(26)9-14-4-5-16-15(8-14)11-25(3)17-10-20(27)24-21(16)17/h4-8,17,21H,9-11H2,1-3H3,(H,24,27)(H,22,23,26)/t17-,21-/m1/s1. The highest BCUT2D eigenvalue weighted by Gasteiger charge is 2.40. The number of amides is 2. The van der Waals surface area contributed by atoms with Crippen molar-refractivity contribution in [3.05, 3.63) is 58.3 Å². The summed E-state index contributed by atoms with van der Waals surface area (Å²) in [7, 11) is 2.05. The number of hydrogen-bond acceptors (Lipinski definition) is 4. The van der Waals surface area contributed by atoms with Crippen molar-refractivity contribution in [3.63, 3.8) is 0 Å². The van der Waals surface area contributed by atoms with Gasteiger partial charge in [-0.25, -0.2) is 4.98 Å². The summed E-state index contributed by atoms with van der Waals surface area (Å²) in [6, 6.07) is 10.2. The Morgan fingerprint density at radius 2 is 2.11 bits per heavy atom. The zero-order chi connectivity index (χ0) is 19.1. The number of rotatable bonds is 3. The number of aromatic nitrogens is 1. The highest BCUT2D eigenvalue weighted by atomic mass is 16.2. The molecule has 0 aliphatic carbocycles. The van der Waals surface area contributed by atoms with Gasteiger partial charge in [0.05, 0.1) is 12.5 Å². The van der Waals surface area contributed by atoms with Crippen LogP contribution in [0.2, 0.25) is 0 Å².